The van der Waals surface area contributed by atoms with Crippen LogP contribution in [0.2, 0.25) is 0 Å². The normalized spacial score (nSPS) is 35.6. The van der Waals surface area contributed by atoms with Crippen molar-refractivity contribution in [2.75, 3.05) is 46.4 Å². The molecule has 0 bridgehead atoms. The van der Waals surface area contributed by atoms with E-state index in [0.29, 0.717) is 6.10 Å². The van der Waals surface area contributed by atoms with Crippen molar-refractivity contribution in [2.45, 2.75) is 25.0 Å². The van der Waals surface area contributed by atoms with Crippen LogP contribution in [0.15, 0.2) is 0 Å². The highest BCUT2D eigenvalue weighted by molar-refractivity contribution is 4.77. The van der Waals surface area contributed by atoms with Crippen molar-refractivity contribution in [3.63, 3.8) is 0 Å². The van der Waals surface area contributed by atoms with Crippen LogP contribution < -0.4 is 0 Å². The number of likely N-dealkylation sites (N-methyl/N-ethyl adjacent to an activating group) is 1. The van der Waals surface area contributed by atoms with Crippen LogP contribution >= 0.6 is 0 Å². The predicted octanol–water partition coefficient (Wildman–Crippen LogP) is -0.226. The molecule has 2 heterocycles. The Morgan fingerprint density at radius 2 is 2.20 bits per heavy atom. The number of hydrogen-bond acceptors (Lipinski definition) is 4. The first-order valence-corrected chi connectivity index (χ1v) is 5.94. The lowest BCUT2D eigenvalue weighted by atomic mass is 10.1. The number of β-amino-alcohol motifs (C(OH)–C–C–N with tert-alkyl or cyclic N) is 1. The van der Waals surface area contributed by atoms with E-state index in [1.54, 1.807) is 0 Å². The molecular formula is C11H22N2O2. The van der Waals surface area contributed by atoms with E-state index in [2.05, 4.69) is 16.8 Å². The van der Waals surface area contributed by atoms with E-state index in [0.717, 1.165) is 52.2 Å². The summed E-state index contributed by atoms with van der Waals surface area (Å²) in [5.74, 6) is 0. The first-order valence-electron chi connectivity index (χ1n) is 5.94. The van der Waals surface area contributed by atoms with E-state index in [9.17, 15) is 5.11 Å². The van der Waals surface area contributed by atoms with Crippen molar-refractivity contribution in [3.05, 3.63) is 0 Å². The number of nitrogens with zero attached hydrogens (tertiary/aromatic N) is 2. The van der Waals surface area contributed by atoms with Crippen LogP contribution in [0.1, 0.15) is 12.8 Å². The number of hydrogen-bond donors (Lipinski definition) is 1. The van der Waals surface area contributed by atoms with Gasteiger partial charge in [-0.05, 0) is 26.4 Å². The molecule has 0 aliphatic carbocycles. The van der Waals surface area contributed by atoms with E-state index in [-0.39, 0.29) is 6.10 Å². The van der Waals surface area contributed by atoms with Gasteiger partial charge in [0.25, 0.3) is 0 Å². The number of aliphatic hydroxyl groups is 1. The number of ether oxygens (including phenoxy) is 1. The molecule has 88 valence electrons. The summed E-state index contributed by atoms with van der Waals surface area (Å²) in [7, 11) is 2.14. The molecule has 2 fully saturated rings. The highest BCUT2D eigenvalue weighted by Gasteiger charge is 2.23. The Hall–Kier alpha value is -0.160. The molecular weight excluding hydrogens is 192 g/mol. The number of morpholine rings is 1. The van der Waals surface area contributed by atoms with E-state index < -0.39 is 0 Å². The molecule has 2 unspecified atom stereocenters. The van der Waals surface area contributed by atoms with Crippen LogP contribution in [0.25, 0.3) is 0 Å². The summed E-state index contributed by atoms with van der Waals surface area (Å²) in [6, 6.07) is 0. The first kappa shape index (κ1) is 11.3. The number of piperidine rings is 1. The molecule has 4 nitrogen and oxygen atoms in total. The molecule has 2 aliphatic rings. The van der Waals surface area contributed by atoms with Gasteiger partial charge in [0.1, 0.15) is 0 Å². The molecule has 0 saturated carbocycles. The largest absolute Gasteiger partial charge is 0.392 e. The van der Waals surface area contributed by atoms with Gasteiger partial charge in [-0.25, -0.2) is 0 Å². The Bertz CT molecular complexity index is 181. The van der Waals surface area contributed by atoms with Crippen LogP contribution in [0.5, 0.6) is 0 Å². The molecule has 2 atom stereocenters. The Morgan fingerprint density at radius 1 is 1.33 bits per heavy atom. The third kappa shape index (κ3) is 3.41. The van der Waals surface area contributed by atoms with Crippen LogP contribution in [0.3, 0.4) is 0 Å². The van der Waals surface area contributed by atoms with Crippen LogP contribution in [0.4, 0.5) is 0 Å². The summed E-state index contributed by atoms with van der Waals surface area (Å²) in [4.78, 5) is 4.65. The molecule has 0 spiro atoms. The molecule has 0 aromatic rings. The molecule has 2 saturated heterocycles. The minimum atomic E-state index is -0.125. The van der Waals surface area contributed by atoms with Crippen molar-refractivity contribution >= 4 is 0 Å². The summed E-state index contributed by atoms with van der Waals surface area (Å²) >= 11 is 0. The monoisotopic (exact) mass is 214 g/mol. The highest BCUT2D eigenvalue weighted by Crippen LogP contribution is 2.12. The molecule has 15 heavy (non-hydrogen) atoms. The lowest BCUT2D eigenvalue weighted by molar-refractivity contribution is -0.0457. The van der Waals surface area contributed by atoms with Gasteiger partial charge in [-0.1, -0.05) is 0 Å². The number of likely N-dealkylation sites (tertiary alicyclic amines) is 1. The fourth-order valence-corrected chi connectivity index (χ4v) is 2.46. The second-order valence-electron chi connectivity index (χ2n) is 4.81. The van der Waals surface area contributed by atoms with Crippen LogP contribution in [-0.4, -0.2) is 73.5 Å². The average Bonchev–Trinajstić information content (AvgIpc) is 2.17. The van der Waals surface area contributed by atoms with Gasteiger partial charge in [-0.2, -0.15) is 0 Å². The Labute approximate surface area is 91.8 Å². The zero-order valence-corrected chi connectivity index (χ0v) is 9.56. The maximum absolute atomic E-state index is 9.57. The van der Waals surface area contributed by atoms with Gasteiger partial charge in [0.15, 0.2) is 0 Å². The Balaban J connectivity index is 1.75. The van der Waals surface area contributed by atoms with Gasteiger partial charge in [0.2, 0.25) is 0 Å². The van der Waals surface area contributed by atoms with Gasteiger partial charge in [-0.15, -0.1) is 0 Å². The average molecular weight is 214 g/mol. The van der Waals surface area contributed by atoms with Gasteiger partial charge >= 0.3 is 0 Å². The van der Waals surface area contributed by atoms with Crippen LogP contribution in [0, 0.1) is 0 Å². The quantitative estimate of drug-likeness (QED) is 0.689. The molecule has 1 N–H and O–H groups in total. The molecule has 0 aromatic heterocycles. The number of aliphatic hydroxyl groups excluding tert-OH is 1. The van der Waals surface area contributed by atoms with Gasteiger partial charge in [-0.3, -0.25) is 4.90 Å². The van der Waals surface area contributed by atoms with Crippen molar-refractivity contribution in [1.29, 1.82) is 0 Å². The van der Waals surface area contributed by atoms with Crippen molar-refractivity contribution < 1.29 is 9.84 Å². The summed E-state index contributed by atoms with van der Waals surface area (Å²) in [5.41, 5.74) is 0. The zero-order valence-electron chi connectivity index (χ0n) is 9.56. The molecule has 4 heteroatoms. The minimum absolute atomic E-state index is 0.125. The van der Waals surface area contributed by atoms with E-state index in [1.807, 2.05) is 0 Å². The summed E-state index contributed by atoms with van der Waals surface area (Å²) in [5, 5.41) is 9.57. The lowest BCUT2D eigenvalue weighted by Gasteiger charge is -2.36. The van der Waals surface area contributed by atoms with Gasteiger partial charge in [0, 0.05) is 26.2 Å². The van der Waals surface area contributed by atoms with E-state index >= 15 is 0 Å². The maximum Gasteiger partial charge on any atom is 0.0829 e. The molecule has 0 amide bonds. The topological polar surface area (TPSA) is 35.9 Å². The Kier molecular flexibility index (Phi) is 3.97. The standard InChI is InChI=1S/C11H22N2O2/c1-12-5-6-15-11(8-12)9-13-4-2-3-10(14)7-13/h10-11,14H,2-9H2,1H3. The molecule has 2 aliphatic heterocycles. The van der Waals surface area contributed by atoms with Gasteiger partial charge < -0.3 is 14.7 Å². The van der Waals surface area contributed by atoms with Gasteiger partial charge in [0.05, 0.1) is 18.8 Å². The summed E-state index contributed by atoms with van der Waals surface area (Å²) in [6.45, 7) is 5.81. The smallest absolute Gasteiger partial charge is 0.0829 e. The van der Waals surface area contributed by atoms with Crippen molar-refractivity contribution in [2.24, 2.45) is 0 Å². The van der Waals surface area contributed by atoms with Crippen molar-refractivity contribution in [1.82, 2.24) is 9.80 Å². The minimum Gasteiger partial charge on any atom is -0.392 e. The third-order valence-electron chi connectivity index (χ3n) is 3.28. The van der Waals surface area contributed by atoms with Crippen LogP contribution in [-0.2, 0) is 4.74 Å². The fraction of sp³-hybridized carbons (Fsp3) is 1.00. The fourth-order valence-electron chi connectivity index (χ4n) is 2.46. The predicted molar refractivity (Wildman–Crippen MR) is 58.9 cm³/mol. The Morgan fingerprint density at radius 3 is 2.93 bits per heavy atom. The highest BCUT2D eigenvalue weighted by atomic mass is 16.5. The zero-order chi connectivity index (χ0) is 10.7. The number of rotatable bonds is 2. The second kappa shape index (κ2) is 5.25. The molecule has 0 radical (unpaired) electrons. The molecule has 0 aromatic carbocycles. The van der Waals surface area contributed by atoms with Crippen molar-refractivity contribution in [3.8, 4) is 0 Å². The summed E-state index contributed by atoms with van der Waals surface area (Å²) < 4.78 is 5.72. The lowest BCUT2D eigenvalue weighted by Crippen LogP contribution is -2.49. The second-order valence-corrected chi connectivity index (χ2v) is 4.81. The third-order valence-corrected chi connectivity index (χ3v) is 3.28. The van der Waals surface area contributed by atoms with E-state index in [4.69, 9.17) is 4.74 Å². The maximum atomic E-state index is 9.57. The SMILES string of the molecule is CN1CCOC(CN2CCCC(O)C2)C1. The molecule has 2 rings (SSSR count). The van der Waals surface area contributed by atoms with E-state index in [1.165, 1.54) is 0 Å². The first-order chi connectivity index (χ1) is 7.24. The summed E-state index contributed by atoms with van der Waals surface area (Å²) in [6.07, 6.45) is 2.28.